The van der Waals surface area contributed by atoms with Gasteiger partial charge in [0.2, 0.25) is 29.6 Å². The predicted molar refractivity (Wildman–Crippen MR) is 236 cm³/mol. The summed E-state index contributed by atoms with van der Waals surface area (Å²) in [6.45, 7) is 4.03. The van der Waals surface area contributed by atoms with Crippen molar-refractivity contribution >= 4 is 75.7 Å². The van der Waals surface area contributed by atoms with Gasteiger partial charge >= 0.3 is 0 Å². The van der Waals surface area contributed by atoms with Crippen LogP contribution in [0.25, 0.3) is 22.1 Å². The normalized spacial score (nSPS) is 12.9. The van der Waals surface area contributed by atoms with Gasteiger partial charge in [0, 0.05) is 76.5 Å². The molecule has 6 amide bonds. The van der Waals surface area contributed by atoms with Crippen molar-refractivity contribution in [2.45, 2.75) is 52.4 Å². The average molecular weight is 895 g/mol. The lowest BCUT2D eigenvalue weighted by Gasteiger charge is -2.24. The second-order valence-electron chi connectivity index (χ2n) is 14.8. The van der Waals surface area contributed by atoms with Gasteiger partial charge < -0.3 is 45.0 Å². The third-order valence-electron chi connectivity index (χ3n) is 10.5. The second-order valence-corrected chi connectivity index (χ2v) is 14.8. The Labute approximate surface area is 372 Å². The van der Waals surface area contributed by atoms with Crippen LogP contribution in [0.1, 0.15) is 56.7 Å². The molecule has 0 saturated heterocycles. The van der Waals surface area contributed by atoms with Crippen molar-refractivity contribution in [2.24, 2.45) is 5.73 Å². The molecule has 3 aromatic heterocycles. The summed E-state index contributed by atoms with van der Waals surface area (Å²) in [5, 5.41) is 22.7. The molecule has 1 unspecified atom stereocenters. The Bertz CT molecular complexity index is 2710. The maximum atomic E-state index is 13.6. The molecule has 4 heterocycles. The van der Waals surface area contributed by atoms with Crippen LogP contribution in [0.5, 0.6) is 11.5 Å². The van der Waals surface area contributed by atoms with Crippen molar-refractivity contribution in [1.29, 1.82) is 0 Å². The molecule has 6 N–H and O–H groups in total. The average Bonchev–Trinajstić information content (AvgIpc) is 4.05. The van der Waals surface area contributed by atoms with E-state index in [-0.39, 0.29) is 50.7 Å². The van der Waals surface area contributed by atoms with E-state index in [0.29, 0.717) is 75.7 Å². The fraction of sp³-hybridized carbons (Fsp3) is 0.349. The molecule has 0 spiro atoms. The van der Waals surface area contributed by atoms with E-state index in [1.54, 1.807) is 41.4 Å². The number of hydrogen-bond acceptors (Lipinski definition) is 14. The van der Waals surface area contributed by atoms with E-state index in [0.717, 1.165) is 17.1 Å². The third kappa shape index (κ3) is 10.3. The molecule has 0 fully saturated rings. The number of imidazole rings is 2. The predicted octanol–water partition coefficient (Wildman–Crippen LogP) is 1.40. The molecule has 22 heteroatoms. The van der Waals surface area contributed by atoms with E-state index >= 15 is 0 Å². The minimum atomic E-state index is -1.25. The molecule has 1 aliphatic rings. The van der Waals surface area contributed by atoms with Gasteiger partial charge in [-0.2, -0.15) is 5.10 Å². The second kappa shape index (κ2) is 20.5. The van der Waals surface area contributed by atoms with E-state index in [1.807, 2.05) is 23.6 Å². The van der Waals surface area contributed by atoms with Crippen LogP contribution >= 0.6 is 0 Å². The Hall–Kier alpha value is -7.88. The number of aldehydes is 1. The van der Waals surface area contributed by atoms with Crippen LogP contribution in [-0.2, 0) is 38.8 Å². The SMILES string of the molecule is CCn1nc(C)cc1C(=O)Nc1nc2cc(C(N)=O)cc(OC)c2n1C/C=C/Cn1c(NC)nc2cc(C=O)cc(OCCCN(C)C(=O)C(CO)NC(=O)CCN3C(=O)C=CC3=O)c21. The van der Waals surface area contributed by atoms with Crippen LogP contribution < -0.4 is 31.2 Å². The van der Waals surface area contributed by atoms with Gasteiger partial charge in [0.15, 0.2) is 0 Å². The molecule has 65 heavy (non-hydrogen) atoms. The van der Waals surface area contributed by atoms with Gasteiger partial charge in [0.05, 0.1) is 37.1 Å². The van der Waals surface area contributed by atoms with Gasteiger partial charge in [0.25, 0.3) is 17.7 Å². The minimum Gasteiger partial charge on any atom is -0.494 e. The number of methoxy groups -OCH3 is 1. The number of hydrogen-bond donors (Lipinski definition) is 5. The van der Waals surface area contributed by atoms with Crippen LogP contribution in [0.4, 0.5) is 11.9 Å². The first-order valence-electron chi connectivity index (χ1n) is 20.6. The third-order valence-corrected chi connectivity index (χ3v) is 10.5. The molecule has 0 saturated carbocycles. The number of allylic oxidation sites excluding steroid dienone is 2. The standard InChI is InChI=1S/C43H50N12O10/c1-6-55-31(18-25(2)50-55)40(62)49-43-48-29-21-27(39(44)61)22-32(64-5)37(29)54(43)15-8-7-14-53-38-28(47-42(53)45-3)19-26(23-56)20-33(38)65-17-9-13-51(4)41(63)30(24-57)46-34(58)12-16-52-35(59)10-11-36(52)60/h7-8,10-11,18-23,30,57H,6,9,12-17,24H2,1-5H3,(H2,44,61)(H,45,47)(H,46,58)(H,48,49,62)/b8-7+. The lowest BCUT2D eigenvalue weighted by atomic mass is 10.1. The number of primary amides is 1. The Morgan fingerprint density at radius 3 is 2.25 bits per heavy atom. The summed E-state index contributed by atoms with van der Waals surface area (Å²) in [6, 6.07) is 6.68. The van der Waals surface area contributed by atoms with Crippen LogP contribution in [-0.4, -0.2) is 139 Å². The molecule has 1 aliphatic heterocycles. The topological polar surface area (TPSA) is 280 Å². The number of aromatic nitrogens is 6. The fourth-order valence-corrected chi connectivity index (χ4v) is 7.27. The number of rotatable bonds is 22. The molecule has 0 bridgehead atoms. The number of carbonyl (C=O) groups excluding carboxylic acids is 7. The summed E-state index contributed by atoms with van der Waals surface area (Å²) < 4.78 is 17.0. The number of nitrogens with two attached hydrogens (primary N) is 1. The largest absolute Gasteiger partial charge is 0.494 e. The molecular weight excluding hydrogens is 845 g/mol. The smallest absolute Gasteiger partial charge is 0.276 e. The summed E-state index contributed by atoms with van der Waals surface area (Å²) >= 11 is 0. The van der Waals surface area contributed by atoms with E-state index in [4.69, 9.17) is 15.2 Å². The number of benzene rings is 2. The van der Waals surface area contributed by atoms with Crippen LogP contribution in [0.2, 0.25) is 0 Å². The number of nitrogens with zero attached hydrogens (tertiary/aromatic N) is 8. The number of likely N-dealkylation sites (N-methyl/N-ethyl adjacent to an activating group) is 1. The number of aryl methyl sites for hydroxylation is 2. The molecular formula is C43H50N12O10. The Kier molecular flexibility index (Phi) is 14.7. The number of amides is 6. The van der Waals surface area contributed by atoms with Gasteiger partial charge in [-0.25, -0.2) is 9.97 Å². The highest BCUT2D eigenvalue weighted by molar-refractivity contribution is 6.13. The molecule has 0 aliphatic carbocycles. The summed E-state index contributed by atoms with van der Waals surface area (Å²) in [7, 11) is 4.67. The van der Waals surface area contributed by atoms with Crippen LogP contribution in [0.15, 0.2) is 54.6 Å². The van der Waals surface area contributed by atoms with Crippen molar-refractivity contribution in [3.8, 4) is 11.5 Å². The number of fused-ring (bicyclic) bond motifs is 2. The maximum Gasteiger partial charge on any atom is 0.276 e. The number of anilines is 2. The van der Waals surface area contributed by atoms with E-state index in [1.165, 1.54) is 31.2 Å². The molecule has 22 nitrogen and oxygen atoms in total. The van der Waals surface area contributed by atoms with E-state index in [9.17, 15) is 38.7 Å². The zero-order valence-electron chi connectivity index (χ0n) is 36.5. The lowest BCUT2D eigenvalue weighted by Crippen LogP contribution is -2.50. The first-order valence-corrected chi connectivity index (χ1v) is 20.6. The van der Waals surface area contributed by atoms with Crippen molar-refractivity contribution < 1.29 is 48.1 Å². The van der Waals surface area contributed by atoms with Gasteiger partial charge in [0.1, 0.15) is 40.6 Å². The zero-order valence-corrected chi connectivity index (χ0v) is 36.5. The Morgan fingerprint density at radius 2 is 1.62 bits per heavy atom. The number of nitrogens with one attached hydrogen (secondary N) is 3. The number of aliphatic hydroxyl groups excluding tert-OH is 1. The van der Waals surface area contributed by atoms with Gasteiger partial charge in [-0.05, 0) is 50.6 Å². The molecule has 342 valence electrons. The van der Waals surface area contributed by atoms with Crippen LogP contribution in [0.3, 0.4) is 0 Å². The zero-order chi connectivity index (χ0) is 46.9. The summed E-state index contributed by atoms with van der Waals surface area (Å²) in [4.78, 5) is 98.5. The lowest BCUT2D eigenvalue weighted by molar-refractivity contribution is -0.139. The maximum absolute atomic E-state index is 13.6. The van der Waals surface area contributed by atoms with Crippen molar-refractivity contribution in [3.63, 3.8) is 0 Å². The highest BCUT2D eigenvalue weighted by Gasteiger charge is 2.27. The van der Waals surface area contributed by atoms with E-state index < -0.39 is 48.1 Å². The van der Waals surface area contributed by atoms with Crippen molar-refractivity contribution in [2.75, 3.05) is 58.1 Å². The summed E-state index contributed by atoms with van der Waals surface area (Å²) in [5.74, 6) is -2.03. The minimum absolute atomic E-state index is 0.104. The monoisotopic (exact) mass is 894 g/mol. The fourth-order valence-electron chi connectivity index (χ4n) is 7.27. The van der Waals surface area contributed by atoms with Gasteiger partial charge in [-0.15, -0.1) is 0 Å². The molecule has 2 aromatic carbocycles. The molecule has 5 aromatic rings. The highest BCUT2D eigenvalue weighted by Crippen LogP contribution is 2.32. The number of carbonyl (C=O) groups is 7. The highest BCUT2D eigenvalue weighted by atomic mass is 16.5. The quantitative estimate of drug-likeness (QED) is 0.0284. The van der Waals surface area contributed by atoms with Gasteiger partial charge in [-0.1, -0.05) is 12.2 Å². The summed E-state index contributed by atoms with van der Waals surface area (Å²) in [5.41, 5.74) is 9.05. The van der Waals surface area contributed by atoms with Gasteiger partial charge in [-0.3, -0.25) is 48.5 Å². The van der Waals surface area contributed by atoms with Crippen molar-refractivity contribution in [3.05, 3.63) is 77.2 Å². The van der Waals surface area contributed by atoms with Crippen molar-refractivity contribution in [1.82, 2.24) is 44.0 Å². The Balaban J connectivity index is 1.16. The first-order chi connectivity index (χ1) is 31.2. The summed E-state index contributed by atoms with van der Waals surface area (Å²) in [6.07, 6.45) is 6.70. The van der Waals surface area contributed by atoms with Crippen LogP contribution in [0, 0.1) is 6.92 Å². The number of ether oxygens (including phenoxy) is 2. The number of aliphatic hydroxyl groups is 1. The molecule has 6 rings (SSSR count). The molecule has 0 radical (unpaired) electrons. The Morgan fingerprint density at radius 1 is 0.954 bits per heavy atom. The first kappa shape index (κ1) is 46.6. The number of imide groups is 1. The molecule has 1 atom stereocenters. The van der Waals surface area contributed by atoms with E-state index in [2.05, 4.69) is 31.0 Å².